The van der Waals surface area contributed by atoms with Crippen molar-refractivity contribution in [2.45, 2.75) is 38.1 Å². The Labute approximate surface area is 124 Å². The molecule has 5 nitrogen and oxygen atoms in total. The van der Waals surface area contributed by atoms with Crippen LogP contribution in [-0.2, 0) is 11.2 Å². The minimum atomic E-state index is -0.935. The van der Waals surface area contributed by atoms with E-state index in [0.717, 1.165) is 31.2 Å². The van der Waals surface area contributed by atoms with Gasteiger partial charge < -0.3 is 16.2 Å². The highest BCUT2D eigenvalue weighted by molar-refractivity contribution is 5.89. The van der Waals surface area contributed by atoms with E-state index in [2.05, 4.69) is 5.32 Å². The first kappa shape index (κ1) is 15.5. The van der Waals surface area contributed by atoms with Crippen molar-refractivity contribution in [1.82, 2.24) is 5.32 Å². The van der Waals surface area contributed by atoms with Crippen LogP contribution in [0.2, 0.25) is 0 Å². The third-order valence-corrected chi connectivity index (χ3v) is 4.03. The largest absolute Gasteiger partial charge is 0.478 e. The molecule has 0 aromatic heterocycles. The fourth-order valence-corrected chi connectivity index (χ4v) is 2.88. The lowest BCUT2D eigenvalue weighted by atomic mass is 9.85. The third-order valence-electron chi connectivity index (χ3n) is 4.03. The number of carboxylic acids is 1. The van der Waals surface area contributed by atoms with Gasteiger partial charge in [-0.1, -0.05) is 24.6 Å². The molecular weight excluding hydrogens is 268 g/mol. The summed E-state index contributed by atoms with van der Waals surface area (Å²) in [7, 11) is 0. The second-order valence-electron chi connectivity index (χ2n) is 5.63. The van der Waals surface area contributed by atoms with E-state index in [9.17, 15) is 9.59 Å². The second kappa shape index (κ2) is 7.22. The van der Waals surface area contributed by atoms with Gasteiger partial charge >= 0.3 is 5.97 Å². The Morgan fingerprint density at radius 2 is 2.05 bits per heavy atom. The molecule has 1 aromatic rings. The highest BCUT2D eigenvalue weighted by Gasteiger charge is 2.24. The molecule has 2 unspecified atom stereocenters. The van der Waals surface area contributed by atoms with Gasteiger partial charge in [-0.25, -0.2) is 4.79 Å². The van der Waals surface area contributed by atoms with Crippen molar-refractivity contribution in [2.75, 3.05) is 6.54 Å². The first-order valence-corrected chi connectivity index (χ1v) is 7.42. The van der Waals surface area contributed by atoms with Crippen molar-refractivity contribution < 1.29 is 14.7 Å². The molecule has 2 rings (SSSR count). The molecule has 1 aliphatic carbocycles. The van der Waals surface area contributed by atoms with Crippen LogP contribution in [-0.4, -0.2) is 29.6 Å². The van der Waals surface area contributed by atoms with Gasteiger partial charge in [0.05, 0.1) is 5.56 Å². The number of aromatic carboxylic acids is 1. The number of hydrogen-bond donors (Lipinski definition) is 3. The topological polar surface area (TPSA) is 92.4 Å². The van der Waals surface area contributed by atoms with Gasteiger partial charge in [0.1, 0.15) is 0 Å². The molecule has 1 amide bonds. The van der Waals surface area contributed by atoms with Crippen LogP contribution in [0.25, 0.3) is 0 Å². The van der Waals surface area contributed by atoms with Crippen LogP contribution < -0.4 is 11.1 Å². The summed E-state index contributed by atoms with van der Waals surface area (Å²) in [4.78, 5) is 23.2. The Hall–Kier alpha value is -1.88. The molecule has 0 spiro atoms. The van der Waals surface area contributed by atoms with Crippen molar-refractivity contribution in [3.8, 4) is 0 Å². The van der Waals surface area contributed by atoms with E-state index in [4.69, 9.17) is 10.8 Å². The van der Waals surface area contributed by atoms with E-state index < -0.39 is 5.97 Å². The number of carboxylic acid groups (broad SMARTS) is 1. The van der Waals surface area contributed by atoms with E-state index in [1.807, 2.05) is 6.07 Å². The number of benzene rings is 1. The van der Waals surface area contributed by atoms with Gasteiger partial charge in [0, 0.05) is 18.5 Å². The molecule has 4 N–H and O–H groups in total. The van der Waals surface area contributed by atoms with E-state index in [1.165, 1.54) is 0 Å². The number of hydrogen-bond acceptors (Lipinski definition) is 3. The van der Waals surface area contributed by atoms with Crippen LogP contribution >= 0.6 is 0 Å². The Balaban J connectivity index is 1.84. The Morgan fingerprint density at radius 3 is 2.76 bits per heavy atom. The quantitative estimate of drug-likeness (QED) is 0.767. The van der Waals surface area contributed by atoms with Crippen LogP contribution in [0.5, 0.6) is 0 Å². The SMILES string of the molecule is NC1CCCC(C(=O)NCCc2ccccc2C(=O)O)C1. The molecule has 0 radical (unpaired) electrons. The molecule has 5 heteroatoms. The summed E-state index contributed by atoms with van der Waals surface area (Å²) in [6.07, 6.45) is 4.16. The number of rotatable bonds is 5. The Bertz CT molecular complexity index is 516. The summed E-state index contributed by atoms with van der Waals surface area (Å²) in [6, 6.07) is 7.01. The molecule has 0 heterocycles. The molecule has 1 fully saturated rings. The summed E-state index contributed by atoms with van der Waals surface area (Å²) >= 11 is 0. The van der Waals surface area contributed by atoms with Crippen LogP contribution in [0, 0.1) is 5.92 Å². The number of nitrogens with one attached hydrogen (secondary N) is 1. The van der Waals surface area contributed by atoms with E-state index in [0.29, 0.717) is 18.5 Å². The number of amides is 1. The van der Waals surface area contributed by atoms with E-state index in [-0.39, 0.29) is 17.9 Å². The minimum Gasteiger partial charge on any atom is -0.478 e. The molecule has 0 bridgehead atoms. The first-order chi connectivity index (χ1) is 10.1. The van der Waals surface area contributed by atoms with Gasteiger partial charge in [0.2, 0.25) is 5.91 Å². The Kier molecular flexibility index (Phi) is 5.33. The van der Waals surface area contributed by atoms with Crippen LogP contribution in [0.15, 0.2) is 24.3 Å². The van der Waals surface area contributed by atoms with Crippen LogP contribution in [0.1, 0.15) is 41.6 Å². The molecule has 1 aliphatic rings. The zero-order valence-electron chi connectivity index (χ0n) is 12.0. The summed E-state index contributed by atoms with van der Waals surface area (Å²) in [6.45, 7) is 0.453. The molecule has 114 valence electrons. The summed E-state index contributed by atoms with van der Waals surface area (Å²) in [5.74, 6) is -0.892. The van der Waals surface area contributed by atoms with Crippen molar-refractivity contribution in [2.24, 2.45) is 11.7 Å². The fraction of sp³-hybridized carbons (Fsp3) is 0.500. The lowest BCUT2D eigenvalue weighted by molar-refractivity contribution is -0.126. The molecule has 0 saturated heterocycles. The maximum atomic E-state index is 12.1. The zero-order chi connectivity index (χ0) is 15.2. The number of carbonyl (C=O) groups is 2. The summed E-state index contributed by atoms with van der Waals surface area (Å²) in [5.41, 5.74) is 6.93. The van der Waals surface area contributed by atoms with Gasteiger partial charge in [-0.3, -0.25) is 4.79 Å². The third kappa shape index (κ3) is 4.29. The highest BCUT2D eigenvalue weighted by atomic mass is 16.4. The van der Waals surface area contributed by atoms with Gasteiger partial charge in [-0.15, -0.1) is 0 Å². The maximum absolute atomic E-state index is 12.1. The lowest BCUT2D eigenvalue weighted by Gasteiger charge is -2.25. The van der Waals surface area contributed by atoms with Crippen LogP contribution in [0.3, 0.4) is 0 Å². The normalized spacial score (nSPS) is 21.8. The monoisotopic (exact) mass is 290 g/mol. The van der Waals surface area contributed by atoms with Gasteiger partial charge in [-0.05, 0) is 37.3 Å². The minimum absolute atomic E-state index is 0.00321. The smallest absolute Gasteiger partial charge is 0.335 e. The highest BCUT2D eigenvalue weighted by Crippen LogP contribution is 2.23. The number of nitrogens with two attached hydrogens (primary N) is 1. The first-order valence-electron chi connectivity index (χ1n) is 7.42. The van der Waals surface area contributed by atoms with Crippen molar-refractivity contribution in [1.29, 1.82) is 0 Å². The molecule has 0 aliphatic heterocycles. The number of carbonyl (C=O) groups excluding carboxylic acids is 1. The zero-order valence-corrected chi connectivity index (χ0v) is 12.0. The molecule has 21 heavy (non-hydrogen) atoms. The average Bonchev–Trinajstić information content (AvgIpc) is 2.47. The van der Waals surface area contributed by atoms with Gasteiger partial charge in [0.25, 0.3) is 0 Å². The van der Waals surface area contributed by atoms with Crippen molar-refractivity contribution in [3.05, 3.63) is 35.4 Å². The van der Waals surface area contributed by atoms with E-state index in [1.54, 1.807) is 18.2 Å². The summed E-state index contributed by atoms with van der Waals surface area (Å²) < 4.78 is 0. The van der Waals surface area contributed by atoms with Gasteiger partial charge in [0.15, 0.2) is 0 Å². The lowest BCUT2D eigenvalue weighted by Crippen LogP contribution is -2.38. The molecular formula is C16H22N2O3. The maximum Gasteiger partial charge on any atom is 0.335 e. The van der Waals surface area contributed by atoms with Crippen molar-refractivity contribution in [3.63, 3.8) is 0 Å². The molecule has 1 aromatic carbocycles. The predicted molar refractivity (Wildman–Crippen MR) is 80.0 cm³/mol. The molecule has 1 saturated carbocycles. The van der Waals surface area contributed by atoms with Crippen LogP contribution in [0.4, 0.5) is 0 Å². The Morgan fingerprint density at radius 1 is 1.29 bits per heavy atom. The standard InChI is InChI=1S/C16H22N2O3/c17-13-6-3-5-12(10-13)15(19)18-9-8-11-4-1-2-7-14(11)16(20)21/h1-2,4,7,12-13H,3,5-6,8-10,17H2,(H,18,19)(H,20,21). The van der Waals surface area contributed by atoms with Gasteiger partial charge in [-0.2, -0.15) is 0 Å². The second-order valence-corrected chi connectivity index (χ2v) is 5.63. The molecule has 2 atom stereocenters. The average molecular weight is 290 g/mol. The predicted octanol–water partition coefficient (Wildman–Crippen LogP) is 1.56. The summed E-state index contributed by atoms with van der Waals surface area (Å²) in [5, 5.41) is 12.0. The van der Waals surface area contributed by atoms with Crippen molar-refractivity contribution >= 4 is 11.9 Å². The van der Waals surface area contributed by atoms with E-state index >= 15 is 0 Å². The fourth-order valence-electron chi connectivity index (χ4n) is 2.88.